The molecule has 0 spiro atoms. The lowest BCUT2D eigenvalue weighted by Gasteiger charge is -2.23. The number of likely N-dealkylation sites (tertiary alicyclic amines) is 1. The fourth-order valence-corrected chi connectivity index (χ4v) is 2.97. The average Bonchev–Trinajstić information content (AvgIpc) is 3.06. The molecule has 1 fully saturated rings. The molecule has 3 heterocycles. The fraction of sp³-hybridized carbons (Fsp3) is 0.625. The largest absolute Gasteiger partial charge is 0.337 e. The third-order valence-corrected chi connectivity index (χ3v) is 4.55. The second-order valence-corrected chi connectivity index (χ2v) is 6.30. The lowest BCUT2D eigenvalue weighted by atomic mass is 10.1. The molecule has 130 valence electrons. The summed E-state index contributed by atoms with van der Waals surface area (Å²) >= 11 is 0. The maximum absolute atomic E-state index is 12.8. The second kappa shape index (κ2) is 7.12. The maximum Gasteiger partial charge on any atom is 0.246 e. The highest BCUT2D eigenvalue weighted by molar-refractivity contribution is 5.82. The molecule has 0 aromatic carbocycles. The van der Waals surface area contributed by atoms with Crippen LogP contribution in [-0.2, 0) is 24.9 Å². The molecule has 1 amide bonds. The van der Waals surface area contributed by atoms with Crippen LogP contribution in [0, 0.1) is 13.8 Å². The molecule has 8 heteroatoms. The Labute approximate surface area is 141 Å². The molecular weight excluding hydrogens is 308 g/mol. The number of hydrogen-bond acceptors (Lipinski definition) is 6. The zero-order chi connectivity index (χ0) is 17.1. The van der Waals surface area contributed by atoms with Crippen LogP contribution in [0.15, 0.2) is 10.7 Å². The maximum atomic E-state index is 12.8. The first kappa shape index (κ1) is 16.6. The molecule has 1 N–H and O–H groups in total. The molecule has 2 aromatic heterocycles. The van der Waals surface area contributed by atoms with Crippen molar-refractivity contribution in [3.8, 4) is 0 Å². The number of nitrogens with one attached hydrogen (secondary N) is 1. The van der Waals surface area contributed by atoms with Gasteiger partial charge in [-0.2, -0.15) is 10.1 Å². The van der Waals surface area contributed by atoms with Crippen LogP contribution in [0.4, 0.5) is 0 Å². The summed E-state index contributed by atoms with van der Waals surface area (Å²) in [5.74, 6) is 1.18. The zero-order valence-electron chi connectivity index (χ0n) is 14.4. The van der Waals surface area contributed by atoms with E-state index in [1.54, 1.807) is 6.92 Å². The van der Waals surface area contributed by atoms with E-state index in [1.165, 1.54) is 0 Å². The Morgan fingerprint density at radius 1 is 1.38 bits per heavy atom. The van der Waals surface area contributed by atoms with Crippen molar-refractivity contribution >= 4 is 5.91 Å². The highest BCUT2D eigenvalue weighted by Gasteiger charge is 2.28. The number of rotatable bonds is 5. The van der Waals surface area contributed by atoms with E-state index in [2.05, 4.69) is 20.6 Å². The minimum Gasteiger partial charge on any atom is -0.337 e. The van der Waals surface area contributed by atoms with E-state index in [0.29, 0.717) is 24.8 Å². The third kappa shape index (κ3) is 3.64. The smallest absolute Gasteiger partial charge is 0.246 e. The van der Waals surface area contributed by atoms with Crippen molar-refractivity contribution in [2.24, 2.45) is 7.05 Å². The van der Waals surface area contributed by atoms with Gasteiger partial charge in [0, 0.05) is 31.4 Å². The van der Waals surface area contributed by atoms with Crippen LogP contribution in [0.3, 0.4) is 0 Å². The van der Waals surface area contributed by atoms with Crippen LogP contribution in [0.2, 0.25) is 0 Å². The standard InChI is InChI=1S/C16H24N6O2/c1-11-13(9-18-21(11)3)8-17-14-6-4-5-7-22(16(14)23)10-15-19-12(2)20-24-15/h9,14,17H,4-8,10H2,1-3H3. The topological polar surface area (TPSA) is 89.1 Å². The van der Waals surface area contributed by atoms with Gasteiger partial charge in [-0.3, -0.25) is 9.48 Å². The van der Waals surface area contributed by atoms with Crippen LogP contribution in [0.25, 0.3) is 0 Å². The van der Waals surface area contributed by atoms with Crippen molar-refractivity contribution in [2.75, 3.05) is 6.54 Å². The number of aryl methyl sites for hydroxylation is 2. The van der Waals surface area contributed by atoms with E-state index in [-0.39, 0.29) is 11.9 Å². The molecule has 0 saturated carbocycles. The van der Waals surface area contributed by atoms with E-state index >= 15 is 0 Å². The summed E-state index contributed by atoms with van der Waals surface area (Å²) in [6, 6.07) is -0.184. The normalized spacial score (nSPS) is 18.9. The predicted molar refractivity (Wildman–Crippen MR) is 86.9 cm³/mol. The molecule has 1 unspecified atom stereocenters. The summed E-state index contributed by atoms with van der Waals surface area (Å²) in [6.45, 7) is 5.55. The Balaban J connectivity index is 1.64. The van der Waals surface area contributed by atoms with Gasteiger partial charge in [0.05, 0.1) is 12.2 Å². The molecule has 1 aliphatic heterocycles. The first-order chi connectivity index (χ1) is 11.5. The van der Waals surface area contributed by atoms with Crippen LogP contribution in [0.1, 0.15) is 42.2 Å². The minimum atomic E-state index is -0.184. The Hall–Kier alpha value is -2.22. The van der Waals surface area contributed by atoms with Crippen molar-refractivity contribution in [2.45, 2.75) is 52.2 Å². The first-order valence-corrected chi connectivity index (χ1v) is 8.33. The highest BCUT2D eigenvalue weighted by atomic mass is 16.5. The van der Waals surface area contributed by atoms with Crippen LogP contribution < -0.4 is 5.32 Å². The quantitative estimate of drug-likeness (QED) is 0.882. The first-order valence-electron chi connectivity index (χ1n) is 8.33. The van der Waals surface area contributed by atoms with Gasteiger partial charge in [0.25, 0.3) is 0 Å². The van der Waals surface area contributed by atoms with Crippen molar-refractivity contribution in [3.05, 3.63) is 29.2 Å². The van der Waals surface area contributed by atoms with Gasteiger partial charge >= 0.3 is 0 Å². The van der Waals surface area contributed by atoms with Gasteiger partial charge < -0.3 is 14.7 Å². The number of hydrogen-bond donors (Lipinski definition) is 1. The van der Waals surface area contributed by atoms with Crippen LogP contribution in [-0.4, -0.2) is 43.3 Å². The Kier molecular flexibility index (Phi) is 4.94. The number of amides is 1. The third-order valence-electron chi connectivity index (χ3n) is 4.55. The molecule has 0 bridgehead atoms. The van der Waals surface area contributed by atoms with E-state index in [4.69, 9.17) is 4.52 Å². The van der Waals surface area contributed by atoms with Gasteiger partial charge in [-0.05, 0) is 33.1 Å². The molecule has 1 aliphatic rings. The molecule has 24 heavy (non-hydrogen) atoms. The van der Waals surface area contributed by atoms with E-state index < -0.39 is 0 Å². The van der Waals surface area contributed by atoms with Crippen molar-refractivity contribution in [3.63, 3.8) is 0 Å². The second-order valence-electron chi connectivity index (χ2n) is 6.30. The fourth-order valence-electron chi connectivity index (χ4n) is 2.97. The Bertz CT molecular complexity index is 707. The van der Waals surface area contributed by atoms with E-state index in [0.717, 1.165) is 37.1 Å². The molecular formula is C16H24N6O2. The lowest BCUT2D eigenvalue weighted by molar-refractivity contribution is -0.133. The lowest BCUT2D eigenvalue weighted by Crippen LogP contribution is -2.44. The van der Waals surface area contributed by atoms with E-state index in [9.17, 15) is 4.79 Å². The predicted octanol–water partition coefficient (Wildman–Crippen LogP) is 1.09. The summed E-state index contributed by atoms with van der Waals surface area (Å²) in [5.41, 5.74) is 2.23. The number of carbonyl (C=O) groups is 1. The number of aromatic nitrogens is 4. The molecule has 1 saturated heterocycles. The van der Waals surface area contributed by atoms with Gasteiger partial charge in [0.15, 0.2) is 5.82 Å². The minimum absolute atomic E-state index is 0.102. The van der Waals surface area contributed by atoms with Crippen molar-refractivity contribution in [1.29, 1.82) is 0 Å². The summed E-state index contributed by atoms with van der Waals surface area (Å²) in [4.78, 5) is 18.8. The number of carbonyl (C=O) groups excluding carboxylic acids is 1. The molecule has 0 radical (unpaired) electrons. The number of nitrogens with zero attached hydrogens (tertiary/aromatic N) is 5. The molecule has 2 aromatic rings. The molecule has 8 nitrogen and oxygen atoms in total. The van der Waals surface area contributed by atoms with E-state index in [1.807, 2.05) is 29.7 Å². The Morgan fingerprint density at radius 2 is 2.21 bits per heavy atom. The summed E-state index contributed by atoms with van der Waals surface area (Å²) in [5, 5.41) is 11.4. The van der Waals surface area contributed by atoms with Gasteiger partial charge in [-0.15, -0.1) is 0 Å². The highest BCUT2D eigenvalue weighted by Crippen LogP contribution is 2.16. The summed E-state index contributed by atoms with van der Waals surface area (Å²) in [6.07, 6.45) is 4.71. The average molecular weight is 332 g/mol. The van der Waals surface area contributed by atoms with Gasteiger partial charge in [0.1, 0.15) is 6.54 Å². The molecule has 3 rings (SSSR count). The summed E-state index contributed by atoms with van der Waals surface area (Å²) < 4.78 is 7.00. The van der Waals surface area contributed by atoms with Crippen molar-refractivity contribution < 1.29 is 9.32 Å². The monoisotopic (exact) mass is 332 g/mol. The molecule has 0 aliphatic carbocycles. The van der Waals surface area contributed by atoms with Gasteiger partial charge in [-0.25, -0.2) is 0 Å². The van der Waals surface area contributed by atoms with Crippen LogP contribution >= 0.6 is 0 Å². The van der Waals surface area contributed by atoms with Crippen LogP contribution in [0.5, 0.6) is 0 Å². The SMILES string of the molecule is Cc1noc(CN2CCCCC(NCc3cnn(C)c3C)C2=O)n1. The molecule has 1 atom stereocenters. The summed E-state index contributed by atoms with van der Waals surface area (Å²) in [7, 11) is 1.92. The van der Waals surface area contributed by atoms with Gasteiger partial charge in [-0.1, -0.05) is 5.16 Å². The van der Waals surface area contributed by atoms with Gasteiger partial charge in [0.2, 0.25) is 11.8 Å². The van der Waals surface area contributed by atoms with Crippen molar-refractivity contribution in [1.82, 2.24) is 30.1 Å². The Morgan fingerprint density at radius 3 is 2.88 bits per heavy atom. The zero-order valence-corrected chi connectivity index (χ0v) is 14.4.